The van der Waals surface area contributed by atoms with Gasteiger partial charge in [-0.3, -0.25) is 9.59 Å². The lowest BCUT2D eigenvalue weighted by Gasteiger charge is -2.41. The van der Waals surface area contributed by atoms with E-state index in [1.807, 2.05) is 0 Å². The Labute approximate surface area is 196 Å². The Bertz CT molecular complexity index is 1200. The maximum absolute atomic E-state index is 13.6. The number of rotatable bonds is 7. The van der Waals surface area contributed by atoms with Gasteiger partial charge in [0.15, 0.2) is 11.5 Å². The number of methoxy groups -OCH3 is 3. The van der Waals surface area contributed by atoms with E-state index in [0.717, 1.165) is 0 Å². The van der Waals surface area contributed by atoms with Gasteiger partial charge in [0.25, 0.3) is 5.91 Å². The largest absolute Gasteiger partial charge is 0.493 e. The third-order valence-electron chi connectivity index (χ3n) is 6.00. The summed E-state index contributed by atoms with van der Waals surface area (Å²) in [7, 11) is 4.40. The fourth-order valence-corrected chi connectivity index (χ4v) is 4.46. The second-order valence-electron chi connectivity index (χ2n) is 7.87. The smallest absolute Gasteiger partial charge is 0.313 e. The molecule has 1 N–H and O–H groups in total. The number of hydrogen-bond acceptors (Lipinski definition) is 5. The lowest BCUT2D eigenvalue weighted by Crippen LogP contribution is -2.44. The molecule has 34 heavy (non-hydrogen) atoms. The molecule has 1 aliphatic heterocycles. The van der Waals surface area contributed by atoms with Crippen LogP contribution in [0.4, 0.5) is 4.39 Å². The van der Waals surface area contributed by atoms with Crippen LogP contribution in [-0.4, -0.2) is 43.2 Å². The summed E-state index contributed by atoms with van der Waals surface area (Å²) in [6.45, 7) is 0.0819. The van der Waals surface area contributed by atoms with Gasteiger partial charge in [-0.2, -0.15) is 0 Å². The number of carbonyl (C=O) groups excluding carboxylic acids is 1. The predicted octanol–water partition coefficient (Wildman–Crippen LogP) is 4.42. The summed E-state index contributed by atoms with van der Waals surface area (Å²) in [5.41, 5.74) is 1.91. The SMILES string of the molecule is COc1cc([C@@H]2[C@H](C(=O)O)c3ccccc3C(=O)N2Cc2ccc(F)cc2)cc(OC)c1OC. The molecular formula is C26H24FNO6. The Morgan fingerprint density at radius 2 is 1.59 bits per heavy atom. The van der Waals surface area contributed by atoms with Gasteiger partial charge in [-0.15, -0.1) is 0 Å². The Balaban J connectivity index is 1.94. The van der Waals surface area contributed by atoms with Crippen molar-refractivity contribution in [3.8, 4) is 17.2 Å². The van der Waals surface area contributed by atoms with E-state index < -0.39 is 23.7 Å². The quantitative estimate of drug-likeness (QED) is 0.556. The topological polar surface area (TPSA) is 85.3 Å². The number of carbonyl (C=O) groups is 2. The molecule has 7 nitrogen and oxygen atoms in total. The molecule has 0 radical (unpaired) electrons. The van der Waals surface area contributed by atoms with Crippen molar-refractivity contribution >= 4 is 11.9 Å². The van der Waals surface area contributed by atoms with E-state index in [0.29, 0.717) is 39.5 Å². The highest BCUT2D eigenvalue weighted by Gasteiger charge is 2.44. The minimum Gasteiger partial charge on any atom is -0.493 e. The number of amides is 1. The zero-order chi connectivity index (χ0) is 24.4. The number of carboxylic acid groups (broad SMARTS) is 1. The molecule has 2 atom stereocenters. The summed E-state index contributed by atoms with van der Waals surface area (Å²) in [5.74, 6) is -1.82. The van der Waals surface area contributed by atoms with Crippen LogP contribution in [0.25, 0.3) is 0 Å². The molecule has 0 fully saturated rings. The average molecular weight is 465 g/mol. The molecule has 3 aromatic rings. The van der Waals surface area contributed by atoms with Gasteiger partial charge in [0.1, 0.15) is 11.7 Å². The number of halogens is 1. The van der Waals surface area contributed by atoms with Crippen LogP contribution in [0.3, 0.4) is 0 Å². The molecular weight excluding hydrogens is 441 g/mol. The van der Waals surface area contributed by atoms with Gasteiger partial charge in [-0.25, -0.2) is 4.39 Å². The van der Waals surface area contributed by atoms with Gasteiger partial charge in [0, 0.05) is 12.1 Å². The first-order valence-corrected chi connectivity index (χ1v) is 10.6. The monoisotopic (exact) mass is 465 g/mol. The molecule has 176 valence electrons. The summed E-state index contributed by atoms with van der Waals surface area (Å²) >= 11 is 0. The van der Waals surface area contributed by atoms with Crippen LogP contribution in [0.15, 0.2) is 60.7 Å². The van der Waals surface area contributed by atoms with Crippen LogP contribution in [0.2, 0.25) is 0 Å². The highest BCUT2D eigenvalue weighted by Crippen LogP contribution is 2.47. The van der Waals surface area contributed by atoms with E-state index in [1.165, 1.54) is 38.4 Å². The second-order valence-corrected chi connectivity index (χ2v) is 7.87. The highest BCUT2D eigenvalue weighted by atomic mass is 19.1. The first-order valence-electron chi connectivity index (χ1n) is 10.6. The van der Waals surface area contributed by atoms with Crippen LogP contribution >= 0.6 is 0 Å². The summed E-state index contributed by atoms with van der Waals surface area (Å²) in [6, 6.07) is 14.9. The summed E-state index contributed by atoms with van der Waals surface area (Å²) in [4.78, 5) is 27.7. The average Bonchev–Trinajstić information content (AvgIpc) is 2.85. The molecule has 1 aliphatic rings. The number of benzene rings is 3. The van der Waals surface area contributed by atoms with Crippen molar-refractivity contribution in [2.75, 3.05) is 21.3 Å². The van der Waals surface area contributed by atoms with Crippen LogP contribution in [0, 0.1) is 5.82 Å². The molecule has 0 spiro atoms. The van der Waals surface area contributed by atoms with Crippen LogP contribution in [-0.2, 0) is 11.3 Å². The van der Waals surface area contributed by atoms with Crippen LogP contribution < -0.4 is 14.2 Å². The van der Waals surface area contributed by atoms with Gasteiger partial charge < -0.3 is 24.2 Å². The van der Waals surface area contributed by atoms with E-state index in [4.69, 9.17) is 14.2 Å². The maximum Gasteiger partial charge on any atom is 0.313 e. The molecule has 0 aliphatic carbocycles. The Morgan fingerprint density at radius 3 is 2.15 bits per heavy atom. The Hall–Kier alpha value is -4.07. The fourth-order valence-electron chi connectivity index (χ4n) is 4.46. The number of fused-ring (bicyclic) bond motifs is 1. The van der Waals surface area contributed by atoms with Gasteiger partial charge in [0.05, 0.1) is 27.4 Å². The molecule has 0 unspecified atom stereocenters. The lowest BCUT2D eigenvalue weighted by atomic mass is 9.79. The molecule has 0 saturated carbocycles. The number of hydrogen-bond donors (Lipinski definition) is 1. The first-order chi connectivity index (χ1) is 16.4. The van der Waals surface area contributed by atoms with Crippen molar-refractivity contribution < 1.29 is 33.3 Å². The lowest BCUT2D eigenvalue weighted by molar-refractivity contribution is -0.140. The molecule has 8 heteroatoms. The van der Waals surface area contributed by atoms with Gasteiger partial charge in [0.2, 0.25) is 5.75 Å². The predicted molar refractivity (Wildman–Crippen MR) is 122 cm³/mol. The number of ether oxygens (including phenoxy) is 3. The third-order valence-corrected chi connectivity index (χ3v) is 6.00. The second kappa shape index (κ2) is 9.43. The highest BCUT2D eigenvalue weighted by molar-refractivity contribution is 6.00. The number of carboxylic acids is 1. The maximum atomic E-state index is 13.6. The van der Waals surface area contributed by atoms with Gasteiger partial charge in [-0.1, -0.05) is 30.3 Å². The molecule has 0 aromatic heterocycles. The van der Waals surface area contributed by atoms with Crippen molar-refractivity contribution in [3.05, 3.63) is 88.7 Å². The van der Waals surface area contributed by atoms with Crippen LogP contribution in [0.1, 0.15) is 39.0 Å². The Morgan fingerprint density at radius 1 is 0.971 bits per heavy atom. The first kappa shape index (κ1) is 23.1. The van der Waals surface area contributed by atoms with E-state index >= 15 is 0 Å². The van der Waals surface area contributed by atoms with Gasteiger partial charge in [-0.05, 0) is 47.0 Å². The normalized spacial score (nSPS) is 17.2. The van der Waals surface area contributed by atoms with Crippen molar-refractivity contribution in [1.82, 2.24) is 4.90 Å². The molecule has 1 amide bonds. The molecule has 1 heterocycles. The van der Waals surface area contributed by atoms with Crippen molar-refractivity contribution in [2.24, 2.45) is 0 Å². The fraction of sp³-hybridized carbons (Fsp3) is 0.231. The van der Waals surface area contributed by atoms with E-state index in [2.05, 4.69) is 0 Å². The van der Waals surface area contributed by atoms with E-state index in [-0.39, 0.29) is 12.5 Å². The summed E-state index contributed by atoms with van der Waals surface area (Å²) in [6.07, 6.45) is 0. The molecule has 0 bridgehead atoms. The van der Waals surface area contributed by atoms with Crippen molar-refractivity contribution in [1.29, 1.82) is 0 Å². The third kappa shape index (κ3) is 4.03. The number of nitrogens with zero attached hydrogens (tertiary/aromatic N) is 1. The minimum atomic E-state index is -1.08. The van der Waals surface area contributed by atoms with Crippen molar-refractivity contribution in [3.63, 3.8) is 0 Å². The van der Waals surface area contributed by atoms with E-state index in [9.17, 15) is 19.1 Å². The van der Waals surface area contributed by atoms with Crippen LogP contribution in [0.5, 0.6) is 17.2 Å². The van der Waals surface area contributed by atoms with E-state index in [1.54, 1.807) is 48.5 Å². The summed E-state index contributed by atoms with van der Waals surface area (Å²) < 4.78 is 29.8. The van der Waals surface area contributed by atoms with Gasteiger partial charge >= 0.3 is 5.97 Å². The Kier molecular flexibility index (Phi) is 6.40. The minimum absolute atomic E-state index is 0.0819. The molecule has 3 aromatic carbocycles. The standard InChI is InChI=1S/C26H24FNO6/c1-32-20-12-16(13-21(33-2)24(20)34-3)23-22(26(30)31)18-6-4-5-7-19(18)25(29)28(23)14-15-8-10-17(27)11-9-15/h4-13,22-23H,14H2,1-3H3,(H,30,31)/t22-,23-/m1/s1. The molecule has 4 rings (SSSR count). The molecule has 0 saturated heterocycles. The summed E-state index contributed by atoms with van der Waals surface area (Å²) in [5, 5.41) is 10.3. The number of aliphatic carboxylic acids is 1. The zero-order valence-corrected chi connectivity index (χ0v) is 18.9. The van der Waals surface area contributed by atoms with Crippen molar-refractivity contribution in [2.45, 2.75) is 18.5 Å². The zero-order valence-electron chi connectivity index (χ0n) is 18.9.